The molecule has 2 amide bonds. The highest BCUT2D eigenvalue weighted by molar-refractivity contribution is 6.35. The van der Waals surface area contributed by atoms with Crippen molar-refractivity contribution in [2.75, 3.05) is 31.1 Å². The second-order valence-electron chi connectivity index (χ2n) is 6.36. The summed E-state index contributed by atoms with van der Waals surface area (Å²) in [6.07, 6.45) is 0. The number of nitrogens with one attached hydrogen (secondary N) is 1. The Bertz CT molecular complexity index is 774. The second-order valence-corrected chi connectivity index (χ2v) is 6.80. The van der Waals surface area contributed by atoms with E-state index in [2.05, 4.69) is 10.2 Å². The average molecular weight is 372 g/mol. The fourth-order valence-corrected chi connectivity index (χ4v) is 3.25. The van der Waals surface area contributed by atoms with Crippen LogP contribution in [-0.4, -0.2) is 42.9 Å². The molecule has 0 aromatic heterocycles. The fraction of sp³-hybridized carbons (Fsp3) is 0.300. The van der Waals surface area contributed by atoms with Gasteiger partial charge in [-0.1, -0.05) is 48.0 Å². The van der Waals surface area contributed by atoms with E-state index in [1.807, 2.05) is 61.5 Å². The van der Waals surface area contributed by atoms with Gasteiger partial charge in [0.1, 0.15) is 0 Å². The van der Waals surface area contributed by atoms with E-state index in [1.54, 1.807) is 4.90 Å². The van der Waals surface area contributed by atoms with Gasteiger partial charge in [0.25, 0.3) is 0 Å². The van der Waals surface area contributed by atoms with Gasteiger partial charge < -0.3 is 15.1 Å². The number of nitrogens with zero attached hydrogens (tertiary/aromatic N) is 2. The molecule has 136 valence electrons. The Kier molecular flexibility index (Phi) is 5.78. The molecule has 1 saturated heterocycles. The SMILES string of the molecule is CC(NC(=O)C(=O)N1CCN(c2cccc(Cl)c2)CC1)c1ccccc1. The van der Waals surface area contributed by atoms with E-state index >= 15 is 0 Å². The van der Waals surface area contributed by atoms with Gasteiger partial charge in [0.15, 0.2) is 0 Å². The Morgan fingerprint density at radius 2 is 1.69 bits per heavy atom. The van der Waals surface area contributed by atoms with Gasteiger partial charge in [-0.25, -0.2) is 0 Å². The van der Waals surface area contributed by atoms with Gasteiger partial charge in [-0.3, -0.25) is 9.59 Å². The lowest BCUT2D eigenvalue weighted by Gasteiger charge is -2.36. The van der Waals surface area contributed by atoms with Crippen molar-refractivity contribution in [1.29, 1.82) is 0 Å². The minimum Gasteiger partial charge on any atom is -0.368 e. The molecule has 26 heavy (non-hydrogen) atoms. The molecule has 0 saturated carbocycles. The van der Waals surface area contributed by atoms with E-state index in [0.717, 1.165) is 11.3 Å². The van der Waals surface area contributed by atoms with Gasteiger partial charge in [-0.15, -0.1) is 0 Å². The van der Waals surface area contributed by atoms with Crippen molar-refractivity contribution < 1.29 is 9.59 Å². The molecule has 3 rings (SSSR count). The first-order valence-electron chi connectivity index (χ1n) is 8.70. The summed E-state index contributed by atoms with van der Waals surface area (Å²) in [5, 5.41) is 3.47. The van der Waals surface area contributed by atoms with E-state index in [0.29, 0.717) is 31.2 Å². The normalized spacial score (nSPS) is 15.5. The molecule has 2 aromatic carbocycles. The van der Waals surface area contributed by atoms with Crippen molar-refractivity contribution in [3.63, 3.8) is 0 Å². The molecule has 6 heteroatoms. The third-order valence-electron chi connectivity index (χ3n) is 4.58. The van der Waals surface area contributed by atoms with Crippen LogP contribution in [0.25, 0.3) is 0 Å². The Hall–Kier alpha value is -2.53. The molecule has 0 bridgehead atoms. The molecule has 2 aromatic rings. The lowest BCUT2D eigenvalue weighted by atomic mass is 10.1. The van der Waals surface area contributed by atoms with Crippen LogP contribution in [0.2, 0.25) is 5.02 Å². The van der Waals surface area contributed by atoms with E-state index < -0.39 is 11.8 Å². The number of hydrogen-bond donors (Lipinski definition) is 1. The number of piperazine rings is 1. The zero-order chi connectivity index (χ0) is 18.5. The number of rotatable bonds is 3. The Labute approximate surface area is 158 Å². The first-order chi connectivity index (χ1) is 12.5. The summed E-state index contributed by atoms with van der Waals surface area (Å²) >= 11 is 6.04. The van der Waals surface area contributed by atoms with Crippen LogP contribution in [0.5, 0.6) is 0 Å². The van der Waals surface area contributed by atoms with Crippen LogP contribution in [0, 0.1) is 0 Å². The third kappa shape index (κ3) is 4.35. The molecule has 5 nitrogen and oxygen atoms in total. The molecular formula is C20H22ClN3O2. The molecule has 1 fully saturated rings. The number of benzene rings is 2. The maximum Gasteiger partial charge on any atom is 0.312 e. The molecule has 0 spiro atoms. The monoisotopic (exact) mass is 371 g/mol. The van der Waals surface area contributed by atoms with Crippen LogP contribution in [-0.2, 0) is 9.59 Å². The fourth-order valence-electron chi connectivity index (χ4n) is 3.07. The quantitative estimate of drug-likeness (QED) is 0.844. The molecule has 1 unspecified atom stereocenters. The van der Waals surface area contributed by atoms with Crippen molar-refractivity contribution in [1.82, 2.24) is 10.2 Å². The van der Waals surface area contributed by atoms with Gasteiger partial charge >= 0.3 is 11.8 Å². The molecule has 0 aliphatic carbocycles. The van der Waals surface area contributed by atoms with E-state index in [1.165, 1.54) is 0 Å². The molecular weight excluding hydrogens is 350 g/mol. The maximum absolute atomic E-state index is 12.4. The van der Waals surface area contributed by atoms with Crippen molar-refractivity contribution >= 4 is 29.1 Å². The van der Waals surface area contributed by atoms with Crippen LogP contribution in [0.3, 0.4) is 0 Å². The van der Waals surface area contributed by atoms with Crippen LogP contribution in [0.4, 0.5) is 5.69 Å². The minimum atomic E-state index is -0.558. The topological polar surface area (TPSA) is 52.7 Å². The van der Waals surface area contributed by atoms with E-state index in [4.69, 9.17) is 11.6 Å². The van der Waals surface area contributed by atoms with E-state index in [-0.39, 0.29) is 6.04 Å². The molecule has 1 heterocycles. The number of amides is 2. The van der Waals surface area contributed by atoms with Crippen LogP contribution >= 0.6 is 11.6 Å². The van der Waals surface area contributed by atoms with Crippen LogP contribution < -0.4 is 10.2 Å². The number of hydrogen-bond acceptors (Lipinski definition) is 3. The maximum atomic E-state index is 12.4. The predicted molar refractivity (Wildman–Crippen MR) is 103 cm³/mol. The highest BCUT2D eigenvalue weighted by Crippen LogP contribution is 2.21. The van der Waals surface area contributed by atoms with Gasteiger partial charge in [0, 0.05) is 36.9 Å². The first-order valence-corrected chi connectivity index (χ1v) is 9.07. The van der Waals surface area contributed by atoms with Gasteiger partial charge in [0.2, 0.25) is 0 Å². The molecule has 1 N–H and O–H groups in total. The van der Waals surface area contributed by atoms with Crippen molar-refractivity contribution in [3.8, 4) is 0 Å². The molecule has 1 aliphatic rings. The lowest BCUT2D eigenvalue weighted by Crippen LogP contribution is -2.52. The lowest BCUT2D eigenvalue weighted by molar-refractivity contribution is -0.146. The summed E-state index contributed by atoms with van der Waals surface area (Å²) in [5.74, 6) is -1.03. The molecule has 1 aliphatic heterocycles. The number of carbonyl (C=O) groups excluding carboxylic acids is 2. The number of carbonyl (C=O) groups is 2. The smallest absolute Gasteiger partial charge is 0.312 e. The largest absolute Gasteiger partial charge is 0.368 e. The van der Waals surface area contributed by atoms with Crippen molar-refractivity contribution in [3.05, 3.63) is 65.2 Å². The second kappa shape index (κ2) is 8.23. The molecule has 0 radical (unpaired) electrons. The summed E-state index contributed by atoms with van der Waals surface area (Å²) in [6, 6.07) is 17.0. The highest BCUT2D eigenvalue weighted by Gasteiger charge is 2.27. The standard InChI is InChI=1S/C20H22ClN3O2/c1-15(16-6-3-2-4-7-16)22-19(25)20(26)24-12-10-23(11-13-24)18-9-5-8-17(21)14-18/h2-9,14-15H,10-13H2,1H3,(H,22,25). The minimum absolute atomic E-state index is 0.208. The summed E-state index contributed by atoms with van der Waals surface area (Å²) < 4.78 is 0. The van der Waals surface area contributed by atoms with Gasteiger partial charge in [0.05, 0.1) is 6.04 Å². The van der Waals surface area contributed by atoms with E-state index in [9.17, 15) is 9.59 Å². The van der Waals surface area contributed by atoms with Crippen molar-refractivity contribution in [2.45, 2.75) is 13.0 Å². The van der Waals surface area contributed by atoms with Gasteiger partial charge in [-0.05, 0) is 30.7 Å². The van der Waals surface area contributed by atoms with Gasteiger partial charge in [-0.2, -0.15) is 0 Å². The molecule has 1 atom stereocenters. The highest BCUT2D eigenvalue weighted by atomic mass is 35.5. The first kappa shape index (κ1) is 18.3. The zero-order valence-electron chi connectivity index (χ0n) is 14.7. The third-order valence-corrected chi connectivity index (χ3v) is 4.82. The Morgan fingerprint density at radius 3 is 2.35 bits per heavy atom. The van der Waals surface area contributed by atoms with Crippen LogP contribution in [0.15, 0.2) is 54.6 Å². The van der Waals surface area contributed by atoms with Crippen molar-refractivity contribution in [2.24, 2.45) is 0 Å². The number of anilines is 1. The predicted octanol–water partition coefficient (Wildman–Crippen LogP) is 2.87. The summed E-state index contributed by atoms with van der Waals surface area (Å²) in [5.41, 5.74) is 2.01. The zero-order valence-corrected chi connectivity index (χ0v) is 15.4. The van der Waals surface area contributed by atoms with Crippen LogP contribution in [0.1, 0.15) is 18.5 Å². The average Bonchev–Trinajstić information content (AvgIpc) is 2.68. The number of halogens is 1. The Morgan fingerprint density at radius 1 is 1.00 bits per heavy atom. The summed E-state index contributed by atoms with van der Waals surface area (Å²) in [4.78, 5) is 28.5. The Balaban J connectivity index is 1.54. The summed E-state index contributed by atoms with van der Waals surface area (Å²) in [7, 11) is 0. The summed E-state index contributed by atoms with van der Waals surface area (Å²) in [6.45, 7) is 4.25.